The fraction of sp³-hybridized carbons (Fsp3) is 0.400. The Balaban J connectivity index is 1.41. The molecule has 0 amide bonds. The molecular formula is C35H41NO4. The van der Waals surface area contributed by atoms with Crippen LogP contribution in [0.15, 0.2) is 72.8 Å². The van der Waals surface area contributed by atoms with Crippen molar-refractivity contribution in [2.75, 3.05) is 19.9 Å². The van der Waals surface area contributed by atoms with E-state index in [1.54, 1.807) is 0 Å². The predicted octanol–water partition coefficient (Wildman–Crippen LogP) is 7.73. The fourth-order valence-corrected chi connectivity index (χ4v) is 5.56. The highest BCUT2D eigenvalue weighted by Gasteiger charge is 2.24. The number of aryl methyl sites for hydroxylation is 1. The summed E-state index contributed by atoms with van der Waals surface area (Å²) in [7, 11) is 0. The van der Waals surface area contributed by atoms with Crippen molar-refractivity contribution in [2.45, 2.75) is 66.0 Å². The summed E-state index contributed by atoms with van der Waals surface area (Å²) in [6.07, 6.45) is 5.83. The number of rotatable bonds is 8. The van der Waals surface area contributed by atoms with Crippen molar-refractivity contribution in [2.24, 2.45) is 5.41 Å². The SMILES string of the molecule is CC(Oc1ccc(C(=C2CCCc3ccccc32)c2ccc(OCOC(=O)C(C)(C)C)cc2)cc1)N1CCCC1. The molecule has 3 aromatic rings. The number of ether oxygens (including phenoxy) is 3. The molecular weight excluding hydrogens is 498 g/mol. The first kappa shape index (κ1) is 28.0. The van der Waals surface area contributed by atoms with Crippen LogP contribution in [0.1, 0.15) is 75.6 Å². The lowest BCUT2D eigenvalue weighted by atomic mass is 9.81. The van der Waals surface area contributed by atoms with E-state index in [2.05, 4.69) is 72.5 Å². The summed E-state index contributed by atoms with van der Waals surface area (Å²) in [6, 6.07) is 25.4. The van der Waals surface area contributed by atoms with Crippen LogP contribution in [0, 0.1) is 5.41 Å². The normalized spacial score (nSPS) is 17.6. The second-order valence-corrected chi connectivity index (χ2v) is 11.8. The summed E-state index contributed by atoms with van der Waals surface area (Å²) in [6.45, 7) is 9.73. The van der Waals surface area contributed by atoms with Crippen LogP contribution in [0.25, 0.3) is 11.1 Å². The topological polar surface area (TPSA) is 48.0 Å². The van der Waals surface area contributed by atoms with Gasteiger partial charge in [0.25, 0.3) is 0 Å². The first-order valence-corrected chi connectivity index (χ1v) is 14.5. The van der Waals surface area contributed by atoms with Gasteiger partial charge in [0, 0.05) is 13.1 Å². The van der Waals surface area contributed by atoms with Gasteiger partial charge in [0.1, 0.15) is 17.7 Å². The fourth-order valence-electron chi connectivity index (χ4n) is 5.56. The molecule has 5 rings (SSSR count). The molecule has 0 bridgehead atoms. The number of nitrogens with zero attached hydrogens (tertiary/aromatic N) is 1. The summed E-state index contributed by atoms with van der Waals surface area (Å²) < 4.78 is 17.3. The third-order valence-corrected chi connectivity index (χ3v) is 7.79. The third-order valence-electron chi connectivity index (χ3n) is 7.79. The van der Waals surface area contributed by atoms with E-state index in [-0.39, 0.29) is 19.0 Å². The molecule has 210 valence electrons. The molecule has 40 heavy (non-hydrogen) atoms. The van der Waals surface area contributed by atoms with Crippen LogP contribution >= 0.6 is 0 Å². The Hall–Kier alpha value is -3.57. The lowest BCUT2D eigenvalue weighted by Crippen LogP contribution is -2.34. The Morgan fingerprint density at radius 1 is 0.825 bits per heavy atom. The molecule has 5 nitrogen and oxygen atoms in total. The lowest BCUT2D eigenvalue weighted by Gasteiger charge is -2.25. The van der Waals surface area contributed by atoms with Crippen molar-refractivity contribution in [3.63, 3.8) is 0 Å². The molecule has 0 radical (unpaired) electrons. The number of carbonyl (C=O) groups is 1. The summed E-state index contributed by atoms with van der Waals surface area (Å²) in [4.78, 5) is 14.5. The number of carbonyl (C=O) groups excluding carboxylic acids is 1. The van der Waals surface area contributed by atoms with Crippen molar-refractivity contribution in [3.8, 4) is 11.5 Å². The zero-order chi connectivity index (χ0) is 28.1. The third kappa shape index (κ3) is 6.59. The first-order valence-electron chi connectivity index (χ1n) is 14.5. The van der Waals surface area contributed by atoms with Crippen LogP contribution in [0.4, 0.5) is 0 Å². The molecule has 1 aliphatic heterocycles. The maximum absolute atomic E-state index is 12.1. The van der Waals surface area contributed by atoms with E-state index in [1.165, 1.54) is 40.7 Å². The molecule has 5 heteroatoms. The van der Waals surface area contributed by atoms with E-state index < -0.39 is 5.41 Å². The number of benzene rings is 3. The number of fused-ring (bicyclic) bond motifs is 1. The smallest absolute Gasteiger partial charge is 0.314 e. The quantitative estimate of drug-likeness (QED) is 0.217. The number of hydrogen-bond donors (Lipinski definition) is 0. The van der Waals surface area contributed by atoms with Crippen LogP contribution in [0.3, 0.4) is 0 Å². The highest BCUT2D eigenvalue weighted by atomic mass is 16.7. The maximum Gasteiger partial charge on any atom is 0.314 e. The molecule has 1 unspecified atom stereocenters. The number of allylic oxidation sites excluding steroid dienone is 1. The second-order valence-electron chi connectivity index (χ2n) is 11.8. The average molecular weight is 540 g/mol. The summed E-state index contributed by atoms with van der Waals surface area (Å²) in [5, 5.41) is 0. The van der Waals surface area contributed by atoms with Gasteiger partial charge in [-0.15, -0.1) is 0 Å². The van der Waals surface area contributed by atoms with Gasteiger partial charge in [0.05, 0.1) is 5.41 Å². The minimum Gasteiger partial charge on any atom is -0.475 e. The molecule has 0 spiro atoms. The Bertz CT molecular complexity index is 1330. The van der Waals surface area contributed by atoms with Gasteiger partial charge < -0.3 is 14.2 Å². The molecule has 0 aromatic heterocycles. The molecule has 1 heterocycles. The Morgan fingerprint density at radius 3 is 2.10 bits per heavy atom. The van der Waals surface area contributed by atoms with Crippen LogP contribution < -0.4 is 9.47 Å². The molecule has 2 aliphatic rings. The monoisotopic (exact) mass is 539 g/mol. The van der Waals surface area contributed by atoms with E-state index in [9.17, 15) is 4.79 Å². The zero-order valence-corrected chi connectivity index (χ0v) is 24.2. The van der Waals surface area contributed by atoms with Gasteiger partial charge in [0.2, 0.25) is 6.79 Å². The second kappa shape index (κ2) is 12.3. The highest BCUT2D eigenvalue weighted by molar-refractivity contribution is 5.99. The van der Waals surface area contributed by atoms with Crippen molar-refractivity contribution in [3.05, 3.63) is 95.1 Å². The number of hydrogen-bond acceptors (Lipinski definition) is 5. The van der Waals surface area contributed by atoms with Gasteiger partial charge in [-0.25, -0.2) is 0 Å². The van der Waals surface area contributed by atoms with Gasteiger partial charge in [-0.05, 0) is 117 Å². The van der Waals surface area contributed by atoms with Gasteiger partial charge in [0.15, 0.2) is 0 Å². The van der Waals surface area contributed by atoms with Gasteiger partial charge in [-0.3, -0.25) is 9.69 Å². The summed E-state index contributed by atoms with van der Waals surface area (Å²) in [5.41, 5.74) is 7.08. The molecule has 1 saturated heterocycles. The van der Waals surface area contributed by atoms with Gasteiger partial charge in [-0.2, -0.15) is 0 Å². The zero-order valence-electron chi connectivity index (χ0n) is 24.2. The van der Waals surface area contributed by atoms with Crippen molar-refractivity contribution in [1.29, 1.82) is 0 Å². The molecule has 1 aliphatic carbocycles. The van der Waals surface area contributed by atoms with Crippen molar-refractivity contribution >= 4 is 17.1 Å². The van der Waals surface area contributed by atoms with Crippen molar-refractivity contribution in [1.82, 2.24) is 4.90 Å². The maximum atomic E-state index is 12.1. The molecule has 1 fully saturated rings. The van der Waals surface area contributed by atoms with Crippen molar-refractivity contribution < 1.29 is 19.0 Å². The molecule has 1 atom stereocenters. The summed E-state index contributed by atoms with van der Waals surface area (Å²) in [5.74, 6) is 1.28. The first-order chi connectivity index (χ1) is 19.3. The van der Waals surface area contributed by atoms with Crippen LogP contribution in [-0.2, 0) is 16.0 Å². The lowest BCUT2D eigenvalue weighted by molar-refractivity contribution is -0.159. The number of likely N-dealkylation sites (tertiary alicyclic amines) is 1. The largest absolute Gasteiger partial charge is 0.475 e. The van der Waals surface area contributed by atoms with Gasteiger partial charge in [-0.1, -0.05) is 48.5 Å². The van der Waals surface area contributed by atoms with Crippen LogP contribution in [0.5, 0.6) is 11.5 Å². The van der Waals surface area contributed by atoms with E-state index in [0.717, 1.165) is 43.7 Å². The highest BCUT2D eigenvalue weighted by Crippen LogP contribution is 2.40. The molecule has 3 aromatic carbocycles. The minimum absolute atomic E-state index is 0.0756. The Kier molecular flexibility index (Phi) is 8.60. The average Bonchev–Trinajstić information content (AvgIpc) is 3.50. The van der Waals surface area contributed by atoms with Crippen LogP contribution in [-0.4, -0.2) is 37.0 Å². The van der Waals surface area contributed by atoms with Gasteiger partial charge >= 0.3 is 5.97 Å². The standard InChI is InChI=1S/C35H41NO4/c1-25(36-22-7-8-23-36)40-30-20-16-28(17-21-30)33(32-13-9-11-26-10-5-6-12-31(26)32)27-14-18-29(19-15-27)38-24-39-34(37)35(2,3)4/h5-6,10,12,14-21,25H,7-9,11,13,22-24H2,1-4H3. The Morgan fingerprint density at radius 2 is 1.45 bits per heavy atom. The number of esters is 1. The minimum atomic E-state index is -0.558. The van der Waals surface area contributed by atoms with Crippen LogP contribution in [0.2, 0.25) is 0 Å². The van der Waals surface area contributed by atoms with E-state index in [4.69, 9.17) is 14.2 Å². The Labute approximate surface area is 238 Å². The molecule has 0 N–H and O–H groups in total. The predicted molar refractivity (Wildman–Crippen MR) is 160 cm³/mol. The van der Waals surface area contributed by atoms with E-state index >= 15 is 0 Å². The van der Waals surface area contributed by atoms with E-state index in [0.29, 0.717) is 5.75 Å². The molecule has 0 saturated carbocycles. The van der Waals surface area contributed by atoms with E-state index in [1.807, 2.05) is 32.9 Å². The summed E-state index contributed by atoms with van der Waals surface area (Å²) >= 11 is 0.